The van der Waals surface area contributed by atoms with Crippen LogP contribution in [0.1, 0.15) is 20.8 Å². The van der Waals surface area contributed by atoms with Crippen molar-refractivity contribution in [1.82, 2.24) is 9.97 Å². The Morgan fingerprint density at radius 2 is 2.80 bits per heavy atom. The van der Waals surface area contributed by atoms with E-state index in [9.17, 15) is 0 Å². The van der Waals surface area contributed by atoms with E-state index in [2.05, 4.69) is 25.9 Å². The molecule has 0 aliphatic heterocycles. The van der Waals surface area contributed by atoms with Crippen molar-refractivity contribution in [2.75, 3.05) is 0 Å². The highest BCUT2D eigenvalue weighted by molar-refractivity contribution is 9.10. The van der Waals surface area contributed by atoms with Crippen LogP contribution in [-0.2, 0) is 6.37 Å². The van der Waals surface area contributed by atoms with Crippen molar-refractivity contribution in [2.24, 2.45) is 0 Å². The highest BCUT2D eigenvalue weighted by Gasteiger charge is 2.02. The fraction of sp³-hybridized carbons (Fsp3) is 0.333. The summed E-state index contributed by atoms with van der Waals surface area (Å²) in [6.07, 6.45) is -3.23. The maximum Gasteiger partial charge on any atom is 0.146 e. The van der Waals surface area contributed by atoms with Crippen LogP contribution in [0.3, 0.4) is 0 Å². The van der Waals surface area contributed by atoms with Crippen molar-refractivity contribution >= 4 is 27.5 Å². The van der Waals surface area contributed by atoms with E-state index >= 15 is 0 Å². The highest BCUT2D eigenvalue weighted by Crippen LogP contribution is 2.21. The number of aryl methyl sites for hydroxylation is 1. The fourth-order valence-electron chi connectivity index (χ4n) is 0.398. The molecule has 0 fully saturated rings. The maximum atomic E-state index is 7.49. The van der Waals surface area contributed by atoms with Gasteiger partial charge >= 0.3 is 0 Å². The normalized spacial score (nSPS) is 21.4. The number of aromatic nitrogens is 2. The van der Waals surface area contributed by atoms with Crippen LogP contribution >= 0.6 is 27.5 Å². The molecule has 54 valence electrons. The van der Waals surface area contributed by atoms with Gasteiger partial charge < -0.3 is 0 Å². The van der Waals surface area contributed by atoms with Crippen LogP contribution in [0.5, 0.6) is 0 Å². The molecule has 0 radical (unpaired) electrons. The predicted molar refractivity (Wildman–Crippen MR) is 44.1 cm³/mol. The Bertz CT molecular complexity index is 420. The van der Waals surface area contributed by atoms with Gasteiger partial charge in [-0.2, -0.15) is 0 Å². The van der Waals surface area contributed by atoms with E-state index < -0.39 is 25.2 Å². The second-order valence-corrected chi connectivity index (χ2v) is 2.55. The van der Waals surface area contributed by atoms with Crippen LogP contribution < -0.4 is 0 Å². The monoisotopic (exact) mass is 226 g/mol. The zero-order chi connectivity index (χ0) is 12.7. The number of halogens is 2. The molecule has 0 unspecified atom stereocenters. The van der Waals surface area contributed by atoms with Gasteiger partial charge in [0, 0.05) is 6.85 Å². The first-order valence-corrected chi connectivity index (χ1v) is 3.44. The number of hydrogen-bond donors (Lipinski definition) is 0. The Morgan fingerprint density at radius 1 is 2.00 bits per heavy atom. The molecule has 0 aliphatic rings. The summed E-state index contributed by atoms with van der Waals surface area (Å²) < 4.78 is 43.4. The summed E-state index contributed by atoms with van der Waals surface area (Å²) in [6.45, 7) is -2.90. The molecule has 0 aromatic carbocycles. The largest absolute Gasteiger partial charge is 0.240 e. The Kier molecular flexibility index (Phi) is 1.01. The van der Waals surface area contributed by atoms with Crippen molar-refractivity contribution in [3.63, 3.8) is 0 Å². The first-order chi connectivity index (χ1) is 7.07. The zero-order valence-electron chi connectivity index (χ0n) is 10.7. The van der Waals surface area contributed by atoms with Gasteiger partial charge in [-0.15, -0.1) is 0 Å². The van der Waals surface area contributed by atoms with Crippen molar-refractivity contribution in [2.45, 2.75) is 13.2 Å². The van der Waals surface area contributed by atoms with Gasteiger partial charge in [-0.25, -0.2) is 9.97 Å². The Hall–Kier alpha value is -0.150. The van der Waals surface area contributed by atoms with Crippen molar-refractivity contribution in [1.29, 1.82) is 0 Å². The van der Waals surface area contributed by atoms with Gasteiger partial charge in [0.1, 0.15) is 12.8 Å². The molecule has 4 heteroatoms. The molecular weight excluding hydrogens is 215 g/mol. The van der Waals surface area contributed by atoms with E-state index in [0.29, 0.717) is 0 Å². The van der Waals surface area contributed by atoms with E-state index in [0.717, 1.165) is 0 Å². The number of rotatable bonds is 1. The molecule has 1 aromatic rings. The molecule has 2 nitrogen and oxygen atoms in total. The number of nitrogens with zero attached hydrogens (tertiary/aromatic N) is 2. The van der Waals surface area contributed by atoms with Crippen LogP contribution in [-0.4, -0.2) is 9.97 Å². The second-order valence-electron chi connectivity index (χ2n) is 1.40. The molecule has 0 N–H and O–H groups in total. The lowest BCUT2D eigenvalue weighted by Gasteiger charge is -1.98. The van der Waals surface area contributed by atoms with Gasteiger partial charge in [-0.05, 0) is 22.3 Å². The molecule has 1 aromatic heterocycles. The summed E-state index contributed by atoms with van der Waals surface area (Å²) in [5.74, 6) is 0. The lowest BCUT2D eigenvalue weighted by atomic mass is 10.3. The molecule has 1 rings (SSSR count). The van der Waals surface area contributed by atoms with Gasteiger partial charge in [0.2, 0.25) is 0 Å². The molecule has 0 saturated heterocycles. The Balaban J connectivity index is 3.44. The van der Waals surface area contributed by atoms with Crippen molar-refractivity contribution < 1.29 is 8.22 Å². The molecular formula is C6H6BrClN2. The first-order valence-electron chi connectivity index (χ1n) is 5.27. The molecule has 0 bridgehead atoms. The lowest BCUT2D eigenvalue weighted by Crippen LogP contribution is -1.90. The van der Waals surface area contributed by atoms with Gasteiger partial charge in [-0.1, -0.05) is 18.5 Å². The SMILES string of the molecule is [2H]c1nc(Cl)c(Br)c(C([2H])([2H])C([2H])([2H])[2H])n1. The third-order valence-corrected chi connectivity index (χ3v) is 2.07. The standard InChI is InChI=1S/C6H6BrClN2/c1-2-4-5(7)6(8)10-3-9-4/h3H,2H2,1H3/i1D3,2D2,3D. The minimum absolute atomic E-state index is 0.0497. The van der Waals surface area contributed by atoms with Crippen LogP contribution in [0.2, 0.25) is 5.15 Å². The molecule has 0 aliphatic carbocycles. The molecule has 0 spiro atoms. The average Bonchev–Trinajstić information content (AvgIpc) is 2.09. The summed E-state index contributed by atoms with van der Waals surface area (Å²) in [5, 5.41) is -0.192. The van der Waals surface area contributed by atoms with E-state index in [4.69, 9.17) is 19.8 Å². The van der Waals surface area contributed by atoms with Crippen LogP contribution in [0.4, 0.5) is 0 Å². The maximum absolute atomic E-state index is 7.49. The Morgan fingerprint density at radius 3 is 3.50 bits per heavy atom. The summed E-state index contributed by atoms with van der Waals surface area (Å²) in [7, 11) is 0. The average molecular weight is 228 g/mol. The molecule has 0 amide bonds. The third kappa shape index (κ3) is 1.47. The summed E-state index contributed by atoms with van der Waals surface area (Å²) >= 11 is 8.52. The quantitative estimate of drug-likeness (QED) is 0.689. The third-order valence-electron chi connectivity index (χ3n) is 0.817. The molecule has 10 heavy (non-hydrogen) atoms. The number of hydrogen-bond acceptors (Lipinski definition) is 2. The van der Waals surface area contributed by atoms with Crippen LogP contribution in [0.25, 0.3) is 0 Å². The van der Waals surface area contributed by atoms with Crippen molar-refractivity contribution in [3.8, 4) is 0 Å². The van der Waals surface area contributed by atoms with Crippen LogP contribution in [0, 0.1) is 0 Å². The lowest BCUT2D eigenvalue weighted by molar-refractivity contribution is 0.984. The zero-order valence-corrected chi connectivity index (χ0v) is 6.99. The minimum atomic E-state index is -2.90. The van der Waals surface area contributed by atoms with Gasteiger partial charge in [0.25, 0.3) is 0 Å². The second kappa shape index (κ2) is 3.30. The molecule has 0 saturated carbocycles. The minimum Gasteiger partial charge on any atom is -0.240 e. The molecule has 1 heterocycles. The summed E-state index contributed by atoms with van der Waals surface area (Å²) in [6, 6.07) is 0. The predicted octanol–water partition coefficient (Wildman–Crippen LogP) is 2.45. The van der Waals surface area contributed by atoms with Crippen LogP contribution in [0.15, 0.2) is 10.8 Å². The van der Waals surface area contributed by atoms with Gasteiger partial charge in [0.15, 0.2) is 0 Å². The topological polar surface area (TPSA) is 25.8 Å². The van der Waals surface area contributed by atoms with Gasteiger partial charge in [-0.3, -0.25) is 0 Å². The smallest absolute Gasteiger partial charge is 0.146 e. The summed E-state index contributed by atoms with van der Waals surface area (Å²) in [4.78, 5) is 6.91. The van der Waals surface area contributed by atoms with E-state index in [1.807, 2.05) is 0 Å². The summed E-state index contributed by atoms with van der Waals surface area (Å²) in [5.41, 5.74) is -0.447. The van der Waals surface area contributed by atoms with E-state index in [1.165, 1.54) is 0 Å². The van der Waals surface area contributed by atoms with Crippen molar-refractivity contribution in [3.05, 3.63) is 21.6 Å². The van der Waals surface area contributed by atoms with E-state index in [-0.39, 0.29) is 9.63 Å². The first kappa shape index (κ1) is 3.07. The Labute approximate surface area is 81.2 Å². The molecule has 0 atom stereocenters. The highest BCUT2D eigenvalue weighted by atomic mass is 79.9. The van der Waals surface area contributed by atoms with E-state index in [1.54, 1.807) is 0 Å². The fourth-order valence-corrected chi connectivity index (χ4v) is 0.801. The van der Waals surface area contributed by atoms with Gasteiger partial charge in [0.05, 0.1) is 10.2 Å².